The van der Waals surface area contributed by atoms with Crippen LogP contribution in [0.5, 0.6) is 0 Å². The van der Waals surface area contributed by atoms with Crippen LogP contribution in [0.1, 0.15) is 6.92 Å². The van der Waals surface area contributed by atoms with E-state index < -0.39 is 11.7 Å². The quantitative estimate of drug-likeness (QED) is 0.478. The van der Waals surface area contributed by atoms with Gasteiger partial charge in [0.05, 0.1) is 0 Å². The summed E-state index contributed by atoms with van der Waals surface area (Å²) in [6.07, 6.45) is -2.71. The van der Waals surface area contributed by atoms with E-state index in [9.17, 15) is 13.2 Å². The molecule has 0 heterocycles. The van der Waals surface area contributed by atoms with Gasteiger partial charge in [-0.05, 0) is 18.6 Å². The topological polar surface area (TPSA) is 23.9 Å². The highest BCUT2D eigenvalue weighted by molar-refractivity contribution is 5.75. The van der Waals surface area contributed by atoms with Gasteiger partial charge in [0.15, 0.2) is 0 Å². The van der Waals surface area contributed by atoms with E-state index in [4.69, 9.17) is 5.41 Å². The van der Waals surface area contributed by atoms with E-state index in [-0.39, 0.29) is 5.57 Å². The first-order valence-electron chi connectivity index (χ1n) is 2.83. The Balaban J connectivity index is 4.42. The molecule has 0 unspecified atom stereocenters. The summed E-state index contributed by atoms with van der Waals surface area (Å²) in [5.74, 6) is 0. The number of nitrogens with one attached hydrogen (secondary N) is 1. The molecule has 4 heteroatoms. The van der Waals surface area contributed by atoms with Crippen LogP contribution in [0, 0.1) is 5.41 Å². The third-order valence-electron chi connectivity index (χ3n) is 0.994. The zero-order valence-electron chi connectivity index (χ0n) is 6.00. The number of halogens is 3. The van der Waals surface area contributed by atoms with Crippen LogP contribution in [0.25, 0.3) is 0 Å². The second kappa shape index (κ2) is 3.37. The van der Waals surface area contributed by atoms with Crippen molar-refractivity contribution in [1.29, 1.82) is 5.41 Å². The molecule has 0 aromatic heterocycles. The van der Waals surface area contributed by atoms with E-state index in [0.29, 0.717) is 0 Å². The van der Waals surface area contributed by atoms with Crippen molar-refractivity contribution >= 4 is 6.21 Å². The van der Waals surface area contributed by atoms with Gasteiger partial charge in [0.25, 0.3) is 0 Å². The Bertz CT molecular complexity index is 200. The molecule has 0 fully saturated rings. The summed E-state index contributed by atoms with van der Waals surface area (Å²) >= 11 is 0. The first kappa shape index (κ1) is 9.94. The van der Waals surface area contributed by atoms with Gasteiger partial charge in [-0.25, -0.2) is 0 Å². The van der Waals surface area contributed by atoms with Gasteiger partial charge in [-0.3, -0.25) is 0 Å². The van der Waals surface area contributed by atoms with Crippen LogP contribution in [0.15, 0.2) is 23.8 Å². The highest BCUT2D eigenvalue weighted by Crippen LogP contribution is 2.25. The van der Waals surface area contributed by atoms with Crippen molar-refractivity contribution in [2.75, 3.05) is 0 Å². The molecule has 62 valence electrons. The lowest BCUT2D eigenvalue weighted by molar-refractivity contribution is -0.0878. The fourth-order valence-corrected chi connectivity index (χ4v) is 0.398. The van der Waals surface area contributed by atoms with Gasteiger partial charge in [-0.15, -0.1) is 0 Å². The maximum atomic E-state index is 11.7. The third-order valence-corrected chi connectivity index (χ3v) is 0.994. The number of hydrogen-bond donors (Lipinski definition) is 1. The van der Waals surface area contributed by atoms with Crippen LogP contribution in [0.4, 0.5) is 13.2 Å². The smallest absolute Gasteiger partial charge is 0.308 e. The molecule has 1 N–H and O–H groups in total. The number of rotatable bonds is 2. The minimum Gasteiger partial charge on any atom is -0.308 e. The van der Waals surface area contributed by atoms with E-state index >= 15 is 0 Å². The molecule has 0 aliphatic rings. The number of hydrogen-bond acceptors (Lipinski definition) is 1. The van der Waals surface area contributed by atoms with Gasteiger partial charge in [0, 0.05) is 11.8 Å². The molecule has 0 aliphatic carbocycles. The Labute approximate surface area is 62.7 Å². The maximum Gasteiger partial charge on any atom is 0.415 e. The molecule has 0 aliphatic heterocycles. The fraction of sp³-hybridized carbons (Fsp3) is 0.286. The van der Waals surface area contributed by atoms with Crippen molar-refractivity contribution in [2.45, 2.75) is 13.1 Å². The summed E-state index contributed by atoms with van der Waals surface area (Å²) in [6, 6.07) is 0. The Morgan fingerprint density at radius 3 is 2.18 bits per heavy atom. The molecule has 0 amide bonds. The van der Waals surface area contributed by atoms with Crippen molar-refractivity contribution in [1.82, 2.24) is 0 Å². The Kier molecular flexibility index (Phi) is 3.04. The van der Waals surface area contributed by atoms with Gasteiger partial charge < -0.3 is 5.41 Å². The highest BCUT2D eigenvalue weighted by atomic mass is 19.4. The first-order chi connectivity index (χ1) is 4.88. The van der Waals surface area contributed by atoms with E-state index in [1.807, 2.05) is 0 Å². The van der Waals surface area contributed by atoms with E-state index in [0.717, 1.165) is 12.3 Å². The minimum absolute atomic E-state index is 0.229. The molecule has 0 bridgehead atoms. The molecule has 0 spiro atoms. The average molecular weight is 163 g/mol. The van der Waals surface area contributed by atoms with E-state index in [1.165, 1.54) is 6.92 Å². The summed E-state index contributed by atoms with van der Waals surface area (Å²) in [5.41, 5.74) is -0.703. The standard InChI is InChI=1S/C7H8F3N/c1-5(4-11)3-6(2)7(8,9)10/h3-4,11H,2H2,1H3/b5-3-,11-4?. The minimum atomic E-state index is -4.38. The summed E-state index contributed by atoms with van der Waals surface area (Å²) in [4.78, 5) is 0. The van der Waals surface area contributed by atoms with Gasteiger partial charge in [0.1, 0.15) is 0 Å². The summed E-state index contributed by atoms with van der Waals surface area (Å²) in [5, 5.41) is 6.60. The molecule has 0 atom stereocenters. The summed E-state index contributed by atoms with van der Waals surface area (Å²) in [6.45, 7) is 4.22. The van der Waals surface area contributed by atoms with Crippen molar-refractivity contribution < 1.29 is 13.2 Å². The van der Waals surface area contributed by atoms with Crippen LogP contribution in [-0.4, -0.2) is 12.4 Å². The second-order valence-corrected chi connectivity index (χ2v) is 2.06. The molecule has 0 radical (unpaired) electrons. The molecule has 0 rings (SSSR count). The molecular formula is C7H8F3N. The van der Waals surface area contributed by atoms with E-state index in [2.05, 4.69) is 6.58 Å². The fourth-order valence-electron chi connectivity index (χ4n) is 0.398. The lowest BCUT2D eigenvalue weighted by Crippen LogP contribution is -2.08. The number of allylic oxidation sites excluding steroid dienone is 3. The van der Waals surface area contributed by atoms with Gasteiger partial charge in [-0.2, -0.15) is 13.2 Å². The molecule has 11 heavy (non-hydrogen) atoms. The lowest BCUT2D eigenvalue weighted by atomic mass is 10.2. The lowest BCUT2D eigenvalue weighted by Gasteiger charge is -2.04. The normalized spacial score (nSPS) is 12.9. The maximum absolute atomic E-state index is 11.7. The molecule has 1 nitrogen and oxygen atoms in total. The molecule has 0 saturated heterocycles. The van der Waals surface area contributed by atoms with Crippen molar-refractivity contribution in [3.63, 3.8) is 0 Å². The second-order valence-electron chi connectivity index (χ2n) is 2.06. The van der Waals surface area contributed by atoms with Crippen molar-refractivity contribution in [2.24, 2.45) is 0 Å². The predicted octanol–water partition coefficient (Wildman–Crippen LogP) is 2.70. The van der Waals surface area contributed by atoms with Gasteiger partial charge in [-0.1, -0.05) is 6.58 Å². The van der Waals surface area contributed by atoms with Crippen LogP contribution in [0.3, 0.4) is 0 Å². The highest BCUT2D eigenvalue weighted by Gasteiger charge is 2.29. The summed E-state index contributed by atoms with van der Waals surface area (Å²) in [7, 11) is 0. The Morgan fingerprint density at radius 2 is 1.91 bits per heavy atom. The predicted molar refractivity (Wildman–Crippen MR) is 37.7 cm³/mol. The van der Waals surface area contributed by atoms with Gasteiger partial charge in [0.2, 0.25) is 0 Å². The van der Waals surface area contributed by atoms with Crippen LogP contribution >= 0.6 is 0 Å². The molecule has 0 aromatic carbocycles. The first-order valence-corrected chi connectivity index (χ1v) is 2.83. The monoisotopic (exact) mass is 163 g/mol. The summed E-state index contributed by atoms with van der Waals surface area (Å²) < 4.78 is 35.2. The van der Waals surface area contributed by atoms with E-state index in [1.54, 1.807) is 0 Å². The molecular weight excluding hydrogens is 155 g/mol. The zero-order valence-corrected chi connectivity index (χ0v) is 6.00. The zero-order chi connectivity index (χ0) is 9.07. The third kappa shape index (κ3) is 3.60. The SMILES string of the molecule is C=C(/C=C(/C)C=N)C(F)(F)F. The average Bonchev–Trinajstić information content (AvgIpc) is 1.85. The molecule has 0 saturated carbocycles. The van der Waals surface area contributed by atoms with Crippen LogP contribution in [0.2, 0.25) is 0 Å². The van der Waals surface area contributed by atoms with Crippen LogP contribution in [-0.2, 0) is 0 Å². The van der Waals surface area contributed by atoms with Crippen molar-refractivity contribution in [3.8, 4) is 0 Å². The Morgan fingerprint density at radius 1 is 1.45 bits per heavy atom. The molecule has 0 aromatic rings. The Hall–Kier alpha value is -1.06. The largest absolute Gasteiger partial charge is 0.415 e. The van der Waals surface area contributed by atoms with Crippen molar-refractivity contribution in [3.05, 3.63) is 23.8 Å². The van der Waals surface area contributed by atoms with Crippen LogP contribution < -0.4 is 0 Å². The van der Waals surface area contributed by atoms with Gasteiger partial charge >= 0.3 is 6.18 Å². The number of alkyl halides is 3.